The van der Waals surface area contributed by atoms with Gasteiger partial charge in [-0.1, -0.05) is 12.1 Å². The summed E-state index contributed by atoms with van der Waals surface area (Å²) >= 11 is 2.09. The second kappa shape index (κ2) is 6.69. The first-order valence-corrected chi connectivity index (χ1v) is 7.18. The molecule has 0 atom stereocenters. The van der Waals surface area contributed by atoms with Gasteiger partial charge in [0, 0.05) is 28.4 Å². The maximum atomic E-state index is 13.0. The predicted molar refractivity (Wildman–Crippen MR) is 86.3 cm³/mol. The monoisotopic (exact) mass is 384 g/mol. The van der Waals surface area contributed by atoms with E-state index in [0.29, 0.717) is 12.1 Å². The van der Waals surface area contributed by atoms with Crippen molar-refractivity contribution in [2.75, 3.05) is 12.4 Å². The highest BCUT2D eigenvalue weighted by Gasteiger charge is 2.03. The first kappa shape index (κ1) is 14.8. The van der Waals surface area contributed by atoms with Crippen molar-refractivity contribution in [3.05, 3.63) is 63.0 Å². The van der Waals surface area contributed by atoms with Crippen molar-refractivity contribution in [3.8, 4) is 0 Å². The molecule has 0 saturated carbocycles. The minimum Gasteiger partial charge on any atom is -0.380 e. The zero-order valence-electron chi connectivity index (χ0n) is 10.9. The van der Waals surface area contributed by atoms with Crippen LogP contribution in [-0.2, 0) is 6.54 Å². The molecule has 2 aromatic rings. The Balaban J connectivity index is 2.02. The minimum absolute atomic E-state index is 0.0995. The van der Waals surface area contributed by atoms with Crippen molar-refractivity contribution in [3.63, 3.8) is 0 Å². The van der Waals surface area contributed by atoms with Crippen molar-refractivity contribution in [2.24, 2.45) is 0 Å². The molecule has 0 aliphatic heterocycles. The Bertz CT molecular complexity index is 614. The third-order valence-electron chi connectivity index (χ3n) is 2.86. The van der Waals surface area contributed by atoms with Crippen LogP contribution in [0, 0.1) is 9.39 Å². The molecule has 0 radical (unpaired) electrons. The molecule has 0 aliphatic carbocycles. The normalized spacial score (nSPS) is 10.2. The predicted octanol–water partition coefficient (Wildman–Crippen LogP) is 3.40. The average molecular weight is 384 g/mol. The van der Waals surface area contributed by atoms with E-state index in [1.165, 1.54) is 12.1 Å². The van der Waals surface area contributed by atoms with Crippen LogP contribution in [0.3, 0.4) is 0 Å². The highest BCUT2D eigenvalue weighted by Crippen LogP contribution is 2.19. The molecule has 20 heavy (non-hydrogen) atoms. The quantitative estimate of drug-likeness (QED) is 0.794. The summed E-state index contributed by atoms with van der Waals surface area (Å²) in [6, 6.07) is 12.0. The summed E-state index contributed by atoms with van der Waals surface area (Å²) < 4.78 is 13.8. The molecule has 2 N–H and O–H groups in total. The Labute approximate surface area is 130 Å². The molecule has 0 fully saturated rings. The van der Waals surface area contributed by atoms with Gasteiger partial charge >= 0.3 is 0 Å². The van der Waals surface area contributed by atoms with Crippen LogP contribution in [0.1, 0.15) is 15.9 Å². The summed E-state index contributed by atoms with van der Waals surface area (Å²) in [5.41, 5.74) is 2.58. The number of carbonyl (C=O) groups is 1. The molecule has 0 bridgehead atoms. The van der Waals surface area contributed by atoms with E-state index in [9.17, 15) is 9.18 Å². The molecule has 0 aromatic heterocycles. The van der Waals surface area contributed by atoms with Gasteiger partial charge in [-0.2, -0.15) is 0 Å². The van der Waals surface area contributed by atoms with Crippen LogP contribution < -0.4 is 10.6 Å². The lowest BCUT2D eigenvalue weighted by molar-refractivity contribution is 0.0963. The molecular formula is C15H14FIN2O. The number of hydrogen-bond donors (Lipinski definition) is 2. The molecule has 5 heteroatoms. The molecule has 0 spiro atoms. The first-order valence-electron chi connectivity index (χ1n) is 6.10. The summed E-state index contributed by atoms with van der Waals surface area (Å²) in [6.07, 6.45) is 0. The Hall–Kier alpha value is -1.63. The fourth-order valence-electron chi connectivity index (χ4n) is 1.75. The van der Waals surface area contributed by atoms with E-state index in [0.717, 1.165) is 14.8 Å². The molecule has 0 aliphatic rings. The zero-order valence-corrected chi connectivity index (χ0v) is 13.1. The van der Waals surface area contributed by atoms with E-state index in [4.69, 9.17) is 0 Å². The van der Waals surface area contributed by atoms with Crippen LogP contribution in [0.5, 0.6) is 0 Å². The smallest absolute Gasteiger partial charge is 0.251 e. The maximum Gasteiger partial charge on any atom is 0.251 e. The van der Waals surface area contributed by atoms with Gasteiger partial charge in [0.25, 0.3) is 5.91 Å². The van der Waals surface area contributed by atoms with Crippen LogP contribution in [0.2, 0.25) is 0 Å². The lowest BCUT2D eigenvalue weighted by Gasteiger charge is -2.09. The summed E-state index contributed by atoms with van der Waals surface area (Å²) in [4.78, 5) is 11.4. The largest absolute Gasteiger partial charge is 0.380 e. The fraction of sp³-hybridized carbons (Fsp3) is 0.133. The maximum absolute atomic E-state index is 13.0. The number of anilines is 1. The topological polar surface area (TPSA) is 41.1 Å². The third-order valence-corrected chi connectivity index (χ3v) is 3.75. The van der Waals surface area contributed by atoms with Gasteiger partial charge in [-0.3, -0.25) is 4.79 Å². The number of benzene rings is 2. The number of amides is 1. The lowest BCUT2D eigenvalue weighted by Crippen LogP contribution is -2.17. The summed E-state index contributed by atoms with van der Waals surface area (Å²) in [6.45, 7) is 0.621. The highest BCUT2D eigenvalue weighted by atomic mass is 127. The number of rotatable bonds is 4. The second-order valence-corrected chi connectivity index (χ2v) is 5.42. The number of nitrogens with one attached hydrogen (secondary N) is 2. The minimum atomic E-state index is -0.241. The van der Waals surface area contributed by atoms with E-state index in [1.54, 1.807) is 25.2 Å². The van der Waals surface area contributed by atoms with Gasteiger partial charge < -0.3 is 10.6 Å². The molecule has 0 heterocycles. The van der Waals surface area contributed by atoms with Gasteiger partial charge in [0.15, 0.2) is 0 Å². The van der Waals surface area contributed by atoms with Gasteiger partial charge in [0.05, 0.1) is 0 Å². The van der Waals surface area contributed by atoms with Crippen LogP contribution in [0.4, 0.5) is 10.1 Å². The first-order chi connectivity index (χ1) is 9.60. The van der Waals surface area contributed by atoms with Crippen LogP contribution in [0.15, 0.2) is 42.5 Å². The van der Waals surface area contributed by atoms with Crippen LogP contribution in [0.25, 0.3) is 0 Å². The van der Waals surface area contributed by atoms with Crippen molar-refractivity contribution in [1.29, 1.82) is 0 Å². The van der Waals surface area contributed by atoms with E-state index in [2.05, 4.69) is 33.2 Å². The molecule has 2 rings (SSSR count). The summed E-state index contributed by atoms with van der Waals surface area (Å²) in [7, 11) is 1.61. The van der Waals surface area contributed by atoms with E-state index in [1.807, 2.05) is 12.1 Å². The lowest BCUT2D eigenvalue weighted by atomic mass is 10.1. The molecular weight excluding hydrogens is 370 g/mol. The third kappa shape index (κ3) is 3.69. The standard InChI is InChI=1S/C15H14FIN2O/c1-18-15(20)11-4-2-10(3-5-11)9-19-14-7-6-12(16)8-13(14)17/h2-8,19H,9H2,1H3,(H,18,20). The molecule has 0 unspecified atom stereocenters. The van der Waals surface area contributed by atoms with Gasteiger partial charge in [0.1, 0.15) is 5.82 Å². The van der Waals surface area contributed by atoms with E-state index >= 15 is 0 Å². The second-order valence-electron chi connectivity index (χ2n) is 4.25. The zero-order chi connectivity index (χ0) is 14.5. The van der Waals surface area contributed by atoms with E-state index < -0.39 is 0 Å². The SMILES string of the molecule is CNC(=O)c1ccc(CNc2ccc(F)cc2I)cc1. The van der Waals surface area contributed by atoms with Gasteiger partial charge in [0.2, 0.25) is 0 Å². The summed E-state index contributed by atoms with van der Waals surface area (Å²) in [5, 5.41) is 5.82. The average Bonchev–Trinajstić information content (AvgIpc) is 2.46. The molecule has 2 aromatic carbocycles. The Morgan fingerprint density at radius 3 is 2.50 bits per heavy atom. The highest BCUT2D eigenvalue weighted by molar-refractivity contribution is 14.1. The Morgan fingerprint density at radius 2 is 1.90 bits per heavy atom. The fourth-order valence-corrected chi connectivity index (χ4v) is 2.42. The van der Waals surface area contributed by atoms with Crippen molar-refractivity contribution < 1.29 is 9.18 Å². The van der Waals surface area contributed by atoms with Gasteiger partial charge in [-0.05, 0) is 58.5 Å². The number of carbonyl (C=O) groups excluding carboxylic acids is 1. The number of hydrogen-bond acceptors (Lipinski definition) is 2. The van der Waals surface area contributed by atoms with Crippen LogP contribution >= 0.6 is 22.6 Å². The molecule has 0 saturated heterocycles. The molecule has 3 nitrogen and oxygen atoms in total. The van der Waals surface area contributed by atoms with Gasteiger partial charge in [-0.25, -0.2) is 4.39 Å². The van der Waals surface area contributed by atoms with E-state index in [-0.39, 0.29) is 11.7 Å². The van der Waals surface area contributed by atoms with Gasteiger partial charge in [-0.15, -0.1) is 0 Å². The molecule has 1 amide bonds. The summed E-state index contributed by atoms with van der Waals surface area (Å²) in [5.74, 6) is -0.340. The number of halogens is 2. The van der Waals surface area contributed by atoms with Crippen molar-refractivity contribution in [1.82, 2.24) is 5.32 Å². The van der Waals surface area contributed by atoms with Crippen LogP contribution in [-0.4, -0.2) is 13.0 Å². The van der Waals surface area contributed by atoms with Crippen molar-refractivity contribution >= 4 is 34.2 Å². The Kier molecular flexibility index (Phi) is 4.94. The Morgan fingerprint density at radius 1 is 1.20 bits per heavy atom. The molecule has 104 valence electrons. The van der Waals surface area contributed by atoms with Crippen molar-refractivity contribution in [2.45, 2.75) is 6.54 Å².